The molecule has 1 aliphatic rings. The Kier molecular flexibility index (Phi) is 3.80. The largest absolute Gasteiger partial charge is 0.481 e. The highest BCUT2D eigenvalue weighted by atomic mass is 28.4. The summed E-state index contributed by atoms with van der Waals surface area (Å²) in [5.41, 5.74) is -0.161. The Bertz CT molecular complexity index is 298. The molecular weight excluding hydrogens is 232 g/mol. The summed E-state index contributed by atoms with van der Waals surface area (Å²) in [6.07, 6.45) is 2.29. The molecule has 0 radical (unpaired) electrons. The molecule has 0 unspecified atom stereocenters. The van der Waals surface area contributed by atoms with Crippen molar-refractivity contribution in [3.8, 4) is 0 Å². The summed E-state index contributed by atoms with van der Waals surface area (Å²) in [5.74, 6) is -0.868. The number of carboxylic acid groups (broad SMARTS) is 1. The highest BCUT2D eigenvalue weighted by molar-refractivity contribution is 6.74. The van der Waals surface area contributed by atoms with E-state index in [0.717, 1.165) is 6.42 Å². The minimum absolute atomic E-state index is 0.161. The first-order valence-corrected chi connectivity index (χ1v) is 9.37. The maximum Gasteiger partial charge on any atom is 0.306 e. The third-order valence-corrected chi connectivity index (χ3v) is 9.06. The summed E-state index contributed by atoms with van der Waals surface area (Å²) in [5, 5.41) is 9.16. The first kappa shape index (κ1) is 14.7. The fourth-order valence-corrected chi connectivity index (χ4v) is 3.85. The molecular formula is C13H26O3Si. The van der Waals surface area contributed by atoms with Crippen molar-refractivity contribution in [1.29, 1.82) is 0 Å². The van der Waals surface area contributed by atoms with Crippen LogP contribution in [0.25, 0.3) is 0 Å². The van der Waals surface area contributed by atoms with Crippen LogP contribution in [0.15, 0.2) is 0 Å². The molecule has 1 saturated carbocycles. The van der Waals surface area contributed by atoms with Crippen LogP contribution in [0.4, 0.5) is 0 Å². The molecule has 1 fully saturated rings. The molecule has 0 aromatic heterocycles. The Balaban J connectivity index is 2.70. The van der Waals surface area contributed by atoms with Gasteiger partial charge in [0, 0.05) is 0 Å². The lowest BCUT2D eigenvalue weighted by Gasteiger charge is -2.52. The van der Waals surface area contributed by atoms with Gasteiger partial charge >= 0.3 is 5.97 Å². The zero-order valence-corrected chi connectivity index (χ0v) is 13.0. The van der Waals surface area contributed by atoms with Crippen molar-refractivity contribution < 1.29 is 14.3 Å². The van der Waals surface area contributed by atoms with Gasteiger partial charge in [-0.1, -0.05) is 27.7 Å². The molecule has 0 amide bonds. The molecule has 0 heterocycles. The van der Waals surface area contributed by atoms with Crippen LogP contribution in [-0.4, -0.2) is 25.0 Å². The van der Waals surface area contributed by atoms with Crippen molar-refractivity contribution >= 4 is 14.3 Å². The fraction of sp³-hybridized carbons (Fsp3) is 0.923. The van der Waals surface area contributed by atoms with Gasteiger partial charge in [-0.15, -0.1) is 0 Å². The molecule has 0 spiro atoms. The first-order chi connectivity index (χ1) is 7.53. The van der Waals surface area contributed by atoms with Crippen LogP contribution >= 0.6 is 0 Å². The van der Waals surface area contributed by atoms with Gasteiger partial charge in [-0.05, 0) is 37.4 Å². The van der Waals surface area contributed by atoms with Crippen molar-refractivity contribution in [1.82, 2.24) is 0 Å². The number of aliphatic carboxylic acids is 1. The van der Waals surface area contributed by atoms with Gasteiger partial charge in [-0.3, -0.25) is 4.79 Å². The van der Waals surface area contributed by atoms with Crippen LogP contribution in [0.1, 0.15) is 47.0 Å². The van der Waals surface area contributed by atoms with Crippen molar-refractivity contribution in [2.75, 3.05) is 0 Å². The van der Waals surface area contributed by atoms with E-state index in [-0.39, 0.29) is 16.6 Å². The predicted molar refractivity (Wildman–Crippen MR) is 71.7 cm³/mol. The minimum atomic E-state index is -1.79. The lowest BCUT2D eigenvalue weighted by Crippen LogP contribution is -2.56. The number of carbonyl (C=O) groups is 1. The normalized spacial score (nSPS) is 29.9. The molecule has 0 aromatic rings. The monoisotopic (exact) mass is 258 g/mol. The predicted octanol–water partition coefficient (Wildman–Crippen LogP) is 3.65. The van der Waals surface area contributed by atoms with E-state index in [1.165, 1.54) is 0 Å². The lowest BCUT2D eigenvalue weighted by atomic mass is 9.69. The molecule has 1 N–H and O–H groups in total. The summed E-state index contributed by atoms with van der Waals surface area (Å²) in [4.78, 5) is 10.9. The van der Waals surface area contributed by atoms with Crippen molar-refractivity contribution in [3.63, 3.8) is 0 Å². The van der Waals surface area contributed by atoms with Crippen LogP contribution in [0, 0.1) is 5.92 Å². The maximum absolute atomic E-state index is 10.9. The van der Waals surface area contributed by atoms with E-state index in [4.69, 9.17) is 9.53 Å². The Morgan fingerprint density at radius 2 is 1.88 bits per heavy atom. The Hall–Kier alpha value is -0.353. The summed E-state index contributed by atoms with van der Waals surface area (Å²) in [6.45, 7) is 13.2. The van der Waals surface area contributed by atoms with E-state index in [2.05, 4.69) is 40.8 Å². The zero-order valence-electron chi connectivity index (χ0n) is 12.0. The molecule has 0 aromatic carbocycles. The smallest absolute Gasteiger partial charge is 0.306 e. The highest BCUT2D eigenvalue weighted by Gasteiger charge is 2.52. The molecule has 0 aliphatic heterocycles. The first-order valence-electron chi connectivity index (χ1n) is 6.46. The third-order valence-electron chi connectivity index (χ3n) is 4.51. The molecule has 0 atom stereocenters. The number of hydrogen-bond donors (Lipinski definition) is 1. The van der Waals surface area contributed by atoms with Gasteiger partial charge in [0.2, 0.25) is 0 Å². The van der Waals surface area contributed by atoms with Gasteiger partial charge < -0.3 is 9.53 Å². The quantitative estimate of drug-likeness (QED) is 0.783. The van der Waals surface area contributed by atoms with E-state index in [0.29, 0.717) is 12.8 Å². The van der Waals surface area contributed by atoms with E-state index in [1.807, 2.05) is 0 Å². The van der Waals surface area contributed by atoms with Gasteiger partial charge in [0.1, 0.15) is 0 Å². The second kappa shape index (κ2) is 4.39. The maximum atomic E-state index is 10.9. The number of carboxylic acids is 1. The standard InChI is InChI=1S/C13H26O3Si/c1-7-13(8-10(9-13)11(14)15)16-17(5,6)12(2,3)4/h10H,7-9H2,1-6H3,(H,14,15). The number of hydrogen-bond acceptors (Lipinski definition) is 2. The molecule has 1 aliphatic carbocycles. The van der Waals surface area contributed by atoms with Crippen LogP contribution in [0.2, 0.25) is 18.1 Å². The van der Waals surface area contributed by atoms with Gasteiger partial charge in [0.25, 0.3) is 0 Å². The van der Waals surface area contributed by atoms with E-state index in [9.17, 15) is 4.79 Å². The highest BCUT2D eigenvalue weighted by Crippen LogP contribution is 2.49. The second-order valence-electron chi connectivity index (χ2n) is 6.84. The number of rotatable bonds is 4. The molecule has 0 bridgehead atoms. The van der Waals surface area contributed by atoms with E-state index < -0.39 is 14.3 Å². The minimum Gasteiger partial charge on any atom is -0.481 e. The van der Waals surface area contributed by atoms with Crippen LogP contribution in [0.5, 0.6) is 0 Å². The van der Waals surface area contributed by atoms with Gasteiger partial charge in [0.15, 0.2) is 8.32 Å². The summed E-state index contributed by atoms with van der Waals surface area (Å²) in [6, 6.07) is 0. The molecule has 3 nitrogen and oxygen atoms in total. The van der Waals surface area contributed by atoms with Crippen molar-refractivity contribution in [2.24, 2.45) is 5.92 Å². The summed E-state index contributed by atoms with van der Waals surface area (Å²) >= 11 is 0. The summed E-state index contributed by atoms with van der Waals surface area (Å²) in [7, 11) is -1.79. The van der Waals surface area contributed by atoms with Crippen LogP contribution in [0.3, 0.4) is 0 Å². The molecule has 4 heteroatoms. The molecule has 0 saturated heterocycles. The summed E-state index contributed by atoms with van der Waals surface area (Å²) < 4.78 is 6.43. The van der Waals surface area contributed by atoms with Crippen LogP contribution < -0.4 is 0 Å². The topological polar surface area (TPSA) is 46.5 Å². The van der Waals surface area contributed by atoms with Gasteiger partial charge in [-0.25, -0.2) is 0 Å². The average Bonchev–Trinajstić information content (AvgIpc) is 2.08. The Morgan fingerprint density at radius 1 is 1.41 bits per heavy atom. The van der Waals surface area contributed by atoms with E-state index >= 15 is 0 Å². The van der Waals surface area contributed by atoms with Crippen LogP contribution in [-0.2, 0) is 9.22 Å². The third kappa shape index (κ3) is 2.91. The molecule has 17 heavy (non-hydrogen) atoms. The molecule has 1 rings (SSSR count). The Morgan fingerprint density at radius 3 is 2.18 bits per heavy atom. The second-order valence-corrected chi connectivity index (χ2v) is 11.6. The van der Waals surface area contributed by atoms with E-state index in [1.54, 1.807) is 0 Å². The SMILES string of the molecule is CCC1(O[Si](C)(C)C(C)(C)C)CC(C(=O)O)C1. The van der Waals surface area contributed by atoms with Crippen molar-refractivity contribution in [3.05, 3.63) is 0 Å². The average molecular weight is 258 g/mol. The fourth-order valence-electron chi connectivity index (χ4n) is 2.15. The molecule has 100 valence electrons. The lowest BCUT2D eigenvalue weighted by molar-refractivity contribution is -0.156. The zero-order chi connectivity index (χ0) is 13.5. The van der Waals surface area contributed by atoms with Gasteiger partial charge in [-0.2, -0.15) is 0 Å². The van der Waals surface area contributed by atoms with Gasteiger partial charge in [0.05, 0.1) is 11.5 Å². The van der Waals surface area contributed by atoms with Crippen molar-refractivity contribution in [2.45, 2.75) is 70.7 Å². The Labute approximate surface area is 106 Å².